The highest BCUT2D eigenvalue weighted by Crippen LogP contribution is 2.21. The van der Waals surface area contributed by atoms with Crippen LogP contribution in [0.2, 0.25) is 10.0 Å². The van der Waals surface area contributed by atoms with Crippen molar-refractivity contribution in [1.82, 2.24) is 5.32 Å². The van der Waals surface area contributed by atoms with Crippen molar-refractivity contribution >= 4 is 40.8 Å². The van der Waals surface area contributed by atoms with Crippen LogP contribution in [0.25, 0.3) is 0 Å². The van der Waals surface area contributed by atoms with Crippen molar-refractivity contribution in [2.75, 3.05) is 25.5 Å². The molecule has 0 aromatic heterocycles. The molecule has 0 unspecified atom stereocenters. The Kier molecular flexibility index (Phi) is 7.91. The zero-order chi connectivity index (χ0) is 18.9. The van der Waals surface area contributed by atoms with Crippen molar-refractivity contribution in [2.24, 2.45) is 0 Å². The molecular weight excluding hydrogens is 375 g/mol. The van der Waals surface area contributed by atoms with Crippen LogP contribution in [0.1, 0.15) is 22.3 Å². The number of ether oxygens (including phenoxy) is 1. The number of carbonyl (C=O) groups excluding carboxylic acids is 2. The molecule has 2 N–H and O–H groups in total. The maximum Gasteiger partial charge on any atom is 0.339 e. The van der Waals surface area contributed by atoms with Crippen LogP contribution >= 0.6 is 23.2 Å². The first kappa shape index (κ1) is 20.2. The van der Waals surface area contributed by atoms with E-state index in [1.54, 1.807) is 36.4 Å². The van der Waals surface area contributed by atoms with Crippen LogP contribution in [0.3, 0.4) is 0 Å². The van der Waals surface area contributed by atoms with Gasteiger partial charge in [-0.3, -0.25) is 4.79 Å². The molecule has 0 saturated carbocycles. The Morgan fingerprint density at radius 2 is 1.85 bits per heavy atom. The quantitative estimate of drug-likeness (QED) is 0.525. The van der Waals surface area contributed by atoms with Crippen molar-refractivity contribution in [1.29, 1.82) is 0 Å². The van der Waals surface area contributed by atoms with E-state index in [0.29, 0.717) is 34.4 Å². The summed E-state index contributed by atoms with van der Waals surface area (Å²) < 4.78 is 4.71. The second kappa shape index (κ2) is 10.2. The number of rotatable bonds is 8. The molecule has 0 saturated heterocycles. The fourth-order valence-electron chi connectivity index (χ4n) is 2.37. The lowest BCUT2D eigenvalue weighted by Crippen LogP contribution is -2.24. The molecule has 0 aliphatic heterocycles. The average molecular weight is 395 g/mol. The number of carbonyl (C=O) groups is 2. The van der Waals surface area contributed by atoms with Gasteiger partial charge in [0, 0.05) is 23.0 Å². The highest BCUT2D eigenvalue weighted by molar-refractivity contribution is 6.35. The topological polar surface area (TPSA) is 67.4 Å². The van der Waals surface area contributed by atoms with Gasteiger partial charge in [0.25, 0.3) is 0 Å². The molecule has 26 heavy (non-hydrogen) atoms. The summed E-state index contributed by atoms with van der Waals surface area (Å²) in [4.78, 5) is 23.8. The Labute approximate surface area is 162 Å². The monoisotopic (exact) mass is 394 g/mol. The number of esters is 1. The minimum Gasteiger partial charge on any atom is -0.465 e. The summed E-state index contributed by atoms with van der Waals surface area (Å²) in [6, 6.07) is 12.1. The summed E-state index contributed by atoms with van der Waals surface area (Å²) >= 11 is 12.0. The van der Waals surface area contributed by atoms with Crippen molar-refractivity contribution < 1.29 is 14.3 Å². The predicted molar refractivity (Wildman–Crippen MR) is 104 cm³/mol. The highest BCUT2D eigenvalue weighted by Gasteiger charge is 2.12. The Hall–Kier alpha value is -2.08. The molecule has 0 aliphatic rings. The molecule has 2 aromatic rings. The van der Waals surface area contributed by atoms with Crippen molar-refractivity contribution in [3.05, 3.63) is 63.6 Å². The van der Waals surface area contributed by atoms with E-state index in [1.807, 2.05) is 6.07 Å². The van der Waals surface area contributed by atoms with Gasteiger partial charge in [-0.2, -0.15) is 0 Å². The summed E-state index contributed by atoms with van der Waals surface area (Å²) in [5, 5.41) is 7.17. The Morgan fingerprint density at radius 3 is 2.58 bits per heavy atom. The first-order valence-electron chi connectivity index (χ1n) is 8.13. The van der Waals surface area contributed by atoms with Gasteiger partial charge in [-0.25, -0.2) is 4.79 Å². The van der Waals surface area contributed by atoms with Crippen LogP contribution in [0.4, 0.5) is 5.69 Å². The van der Waals surface area contributed by atoms with Gasteiger partial charge in [0.1, 0.15) is 0 Å². The van der Waals surface area contributed by atoms with Crippen LogP contribution in [-0.4, -0.2) is 32.1 Å². The lowest BCUT2D eigenvalue weighted by molar-refractivity contribution is -0.116. The molecule has 5 nitrogen and oxygen atoms in total. The van der Waals surface area contributed by atoms with Crippen molar-refractivity contribution in [2.45, 2.75) is 12.8 Å². The zero-order valence-corrected chi connectivity index (χ0v) is 15.9. The maximum absolute atomic E-state index is 12.1. The number of hydrogen-bond donors (Lipinski definition) is 2. The summed E-state index contributed by atoms with van der Waals surface area (Å²) in [7, 11) is 1.30. The van der Waals surface area contributed by atoms with E-state index in [9.17, 15) is 9.59 Å². The molecule has 0 heterocycles. The molecule has 0 spiro atoms. The lowest BCUT2D eigenvalue weighted by atomic mass is 10.1. The number of methoxy groups -OCH3 is 1. The van der Waals surface area contributed by atoms with Gasteiger partial charge in [0.2, 0.25) is 5.91 Å². The second-order valence-electron chi connectivity index (χ2n) is 5.57. The number of anilines is 1. The van der Waals surface area contributed by atoms with Gasteiger partial charge in [0.05, 0.1) is 18.4 Å². The van der Waals surface area contributed by atoms with Crippen LogP contribution in [0.15, 0.2) is 42.5 Å². The van der Waals surface area contributed by atoms with Crippen molar-refractivity contribution in [3.63, 3.8) is 0 Å². The van der Waals surface area contributed by atoms with E-state index in [-0.39, 0.29) is 12.3 Å². The van der Waals surface area contributed by atoms with E-state index in [1.165, 1.54) is 7.11 Å². The summed E-state index contributed by atoms with van der Waals surface area (Å²) in [6.45, 7) is 1.20. The highest BCUT2D eigenvalue weighted by atomic mass is 35.5. The largest absolute Gasteiger partial charge is 0.465 e. The maximum atomic E-state index is 12.1. The molecule has 7 heteroatoms. The smallest absolute Gasteiger partial charge is 0.339 e. The standard InChI is InChI=1S/C19H20Cl2N2O3/c1-26-19(25)15-4-2-3-5-17(15)23-18(24)9-11-22-10-8-13-6-7-14(20)12-16(13)21/h2-7,12,22H,8-11H2,1H3,(H,23,24). The minimum atomic E-state index is -0.487. The number of hydrogen-bond acceptors (Lipinski definition) is 4. The second-order valence-corrected chi connectivity index (χ2v) is 6.41. The van der Waals surface area contributed by atoms with Gasteiger partial charge < -0.3 is 15.4 Å². The van der Waals surface area contributed by atoms with Crippen LogP contribution in [0.5, 0.6) is 0 Å². The molecule has 0 atom stereocenters. The van der Waals surface area contributed by atoms with Gasteiger partial charge >= 0.3 is 5.97 Å². The van der Waals surface area contributed by atoms with Crippen LogP contribution in [-0.2, 0) is 16.0 Å². The van der Waals surface area contributed by atoms with E-state index in [2.05, 4.69) is 10.6 Å². The van der Waals surface area contributed by atoms with Crippen LogP contribution in [0, 0.1) is 0 Å². The molecule has 0 aliphatic carbocycles. The Balaban J connectivity index is 1.75. The lowest BCUT2D eigenvalue weighted by Gasteiger charge is -2.10. The number of nitrogens with one attached hydrogen (secondary N) is 2. The molecule has 2 rings (SSSR count). The Morgan fingerprint density at radius 1 is 1.08 bits per heavy atom. The van der Waals surface area contributed by atoms with Gasteiger partial charge in [-0.15, -0.1) is 0 Å². The molecule has 0 fully saturated rings. The molecular formula is C19H20Cl2N2O3. The fourth-order valence-corrected chi connectivity index (χ4v) is 2.87. The molecule has 2 aromatic carbocycles. The van der Waals surface area contributed by atoms with E-state index < -0.39 is 5.97 Å². The van der Waals surface area contributed by atoms with E-state index >= 15 is 0 Å². The minimum absolute atomic E-state index is 0.182. The Bertz CT molecular complexity index is 781. The first-order valence-corrected chi connectivity index (χ1v) is 8.88. The zero-order valence-electron chi connectivity index (χ0n) is 14.4. The third kappa shape index (κ3) is 6.02. The number of amides is 1. The normalized spacial score (nSPS) is 10.4. The van der Waals surface area contributed by atoms with E-state index in [4.69, 9.17) is 27.9 Å². The molecule has 1 amide bonds. The van der Waals surface area contributed by atoms with Gasteiger partial charge in [0.15, 0.2) is 0 Å². The average Bonchev–Trinajstić information content (AvgIpc) is 2.63. The summed E-state index contributed by atoms with van der Waals surface area (Å²) in [5.74, 6) is -0.669. The van der Waals surface area contributed by atoms with Crippen molar-refractivity contribution in [3.8, 4) is 0 Å². The van der Waals surface area contributed by atoms with Gasteiger partial charge in [-0.1, -0.05) is 41.4 Å². The summed E-state index contributed by atoms with van der Waals surface area (Å²) in [6.07, 6.45) is 1.02. The predicted octanol–water partition coefficient (Wildman–Crippen LogP) is 3.94. The SMILES string of the molecule is COC(=O)c1ccccc1NC(=O)CCNCCc1ccc(Cl)cc1Cl. The third-order valence-electron chi connectivity index (χ3n) is 3.72. The summed E-state index contributed by atoms with van der Waals surface area (Å²) in [5.41, 5.74) is 1.77. The number of para-hydroxylation sites is 1. The molecule has 0 radical (unpaired) electrons. The molecule has 138 valence electrons. The number of halogens is 2. The first-order chi connectivity index (χ1) is 12.5. The van der Waals surface area contributed by atoms with E-state index in [0.717, 1.165) is 12.0 Å². The van der Waals surface area contributed by atoms with Crippen LogP contribution < -0.4 is 10.6 Å². The molecule has 0 bridgehead atoms. The third-order valence-corrected chi connectivity index (χ3v) is 4.31. The van der Waals surface area contributed by atoms with Gasteiger partial charge in [-0.05, 0) is 42.8 Å². The number of benzene rings is 2. The fraction of sp³-hybridized carbons (Fsp3) is 0.263.